The maximum absolute atomic E-state index is 12.6. The van der Waals surface area contributed by atoms with Crippen molar-refractivity contribution in [3.05, 3.63) is 41.8 Å². The third kappa shape index (κ3) is 3.94. The van der Waals surface area contributed by atoms with E-state index in [1.165, 1.54) is 0 Å². The second kappa shape index (κ2) is 7.49. The fraction of sp³-hybridized carbons (Fsp3) is 0.333. The van der Waals surface area contributed by atoms with E-state index >= 15 is 0 Å². The number of hydrogen-bond donors (Lipinski definition) is 2. The number of benzene rings is 1. The molecule has 0 aliphatic carbocycles. The molecule has 0 spiro atoms. The predicted octanol–water partition coefficient (Wildman–Crippen LogP) is 4.13. The second-order valence-corrected chi connectivity index (χ2v) is 6.95. The van der Waals surface area contributed by atoms with Gasteiger partial charge in [0.25, 0.3) is 0 Å². The number of carbonyl (C=O) groups excluding carboxylic acids is 1. The van der Waals surface area contributed by atoms with Crippen molar-refractivity contribution in [2.45, 2.75) is 19.3 Å². The molecule has 0 bridgehead atoms. The van der Waals surface area contributed by atoms with Gasteiger partial charge < -0.3 is 15.3 Å². The Balaban J connectivity index is 1.70. The number of likely N-dealkylation sites (tertiary alicyclic amines) is 1. The van der Waals surface area contributed by atoms with Gasteiger partial charge >= 0.3 is 12.0 Å². The molecule has 24 heavy (non-hydrogen) atoms. The van der Waals surface area contributed by atoms with Gasteiger partial charge in [-0.2, -0.15) is 0 Å². The summed E-state index contributed by atoms with van der Waals surface area (Å²) in [4.78, 5) is 26.3. The molecule has 1 unspecified atom stereocenters. The Bertz CT molecular complexity index is 715. The number of piperidine rings is 1. The van der Waals surface area contributed by atoms with Crippen molar-refractivity contribution in [3.8, 4) is 10.4 Å². The Labute approximate surface area is 144 Å². The molecule has 1 aromatic heterocycles. The van der Waals surface area contributed by atoms with Crippen LogP contribution in [-0.2, 0) is 4.79 Å². The molecule has 5 nitrogen and oxygen atoms in total. The van der Waals surface area contributed by atoms with Gasteiger partial charge in [0.15, 0.2) is 0 Å². The number of para-hydroxylation sites is 1. The molecule has 0 radical (unpaired) electrons. The molecule has 2 amide bonds. The van der Waals surface area contributed by atoms with E-state index in [4.69, 9.17) is 5.11 Å². The number of carboxylic acid groups (broad SMARTS) is 1. The zero-order valence-corrected chi connectivity index (χ0v) is 14.1. The number of amides is 2. The van der Waals surface area contributed by atoms with Gasteiger partial charge in [0.05, 0.1) is 5.69 Å². The highest BCUT2D eigenvalue weighted by Crippen LogP contribution is 2.31. The average molecular weight is 344 g/mol. The lowest BCUT2D eigenvalue weighted by Gasteiger charge is -2.32. The fourth-order valence-corrected chi connectivity index (χ4v) is 3.86. The Morgan fingerprint density at radius 3 is 2.83 bits per heavy atom. The van der Waals surface area contributed by atoms with Gasteiger partial charge in [-0.25, -0.2) is 4.79 Å². The molecule has 0 saturated carbocycles. The molecule has 1 saturated heterocycles. The van der Waals surface area contributed by atoms with Crippen LogP contribution < -0.4 is 5.32 Å². The molecule has 1 aromatic carbocycles. The summed E-state index contributed by atoms with van der Waals surface area (Å²) in [5, 5.41) is 13.9. The number of nitrogens with zero attached hydrogens (tertiary/aromatic N) is 1. The predicted molar refractivity (Wildman–Crippen MR) is 95.3 cm³/mol. The normalized spacial score (nSPS) is 17.5. The maximum Gasteiger partial charge on any atom is 0.321 e. The monoisotopic (exact) mass is 344 g/mol. The highest BCUT2D eigenvalue weighted by Gasteiger charge is 2.25. The van der Waals surface area contributed by atoms with Crippen LogP contribution in [0.15, 0.2) is 41.8 Å². The summed E-state index contributed by atoms with van der Waals surface area (Å²) in [6.45, 7) is 1.17. The van der Waals surface area contributed by atoms with Gasteiger partial charge in [-0.3, -0.25) is 4.79 Å². The molecule has 2 N–H and O–H groups in total. The Hall–Kier alpha value is -2.34. The topological polar surface area (TPSA) is 69.6 Å². The van der Waals surface area contributed by atoms with Crippen LogP contribution in [0.4, 0.5) is 10.5 Å². The molecular weight excluding hydrogens is 324 g/mol. The van der Waals surface area contributed by atoms with Crippen LogP contribution in [0.3, 0.4) is 0 Å². The van der Waals surface area contributed by atoms with E-state index in [9.17, 15) is 9.59 Å². The molecule has 126 valence electrons. The van der Waals surface area contributed by atoms with Crippen LogP contribution in [0, 0.1) is 5.92 Å². The summed E-state index contributed by atoms with van der Waals surface area (Å²) < 4.78 is 0. The first-order valence-electron chi connectivity index (χ1n) is 8.04. The minimum Gasteiger partial charge on any atom is -0.481 e. The molecule has 1 aliphatic rings. The number of anilines is 1. The van der Waals surface area contributed by atoms with Crippen LogP contribution in [0.5, 0.6) is 0 Å². The molecule has 2 heterocycles. The van der Waals surface area contributed by atoms with Gasteiger partial charge in [0.2, 0.25) is 0 Å². The molecule has 2 aromatic rings. The standard InChI is InChI=1S/C18H20N2O3S/c21-17(22)11-13-5-3-9-20(12-13)18(23)19-15-7-2-1-6-14(15)16-8-4-10-24-16/h1-2,4,6-8,10,13H,3,5,9,11-12H2,(H,19,23)(H,21,22). The molecular formula is C18H20N2O3S. The first-order chi connectivity index (χ1) is 11.6. The van der Waals surface area contributed by atoms with Crippen LogP contribution >= 0.6 is 11.3 Å². The summed E-state index contributed by atoms with van der Waals surface area (Å²) in [6, 6.07) is 11.6. The van der Waals surface area contributed by atoms with Gasteiger partial charge in [-0.05, 0) is 36.3 Å². The Morgan fingerprint density at radius 2 is 2.08 bits per heavy atom. The van der Waals surface area contributed by atoms with Crippen molar-refractivity contribution in [1.29, 1.82) is 0 Å². The van der Waals surface area contributed by atoms with E-state index < -0.39 is 5.97 Å². The van der Waals surface area contributed by atoms with Crippen LogP contribution in [0.2, 0.25) is 0 Å². The van der Waals surface area contributed by atoms with Gasteiger partial charge in [0, 0.05) is 30.0 Å². The molecule has 3 rings (SSSR count). The quantitative estimate of drug-likeness (QED) is 0.876. The Morgan fingerprint density at radius 1 is 1.25 bits per heavy atom. The van der Waals surface area contributed by atoms with Gasteiger partial charge in [-0.15, -0.1) is 11.3 Å². The lowest BCUT2D eigenvalue weighted by Crippen LogP contribution is -2.42. The number of rotatable bonds is 4. The second-order valence-electron chi connectivity index (χ2n) is 6.01. The third-order valence-electron chi connectivity index (χ3n) is 4.22. The zero-order chi connectivity index (χ0) is 16.9. The number of aliphatic carboxylic acids is 1. The summed E-state index contributed by atoms with van der Waals surface area (Å²) in [5.41, 5.74) is 1.78. The smallest absolute Gasteiger partial charge is 0.321 e. The van der Waals surface area contributed by atoms with Crippen LogP contribution in [-0.4, -0.2) is 35.1 Å². The fourth-order valence-electron chi connectivity index (χ4n) is 3.10. The zero-order valence-electron chi connectivity index (χ0n) is 13.3. The number of hydrogen-bond acceptors (Lipinski definition) is 3. The third-order valence-corrected chi connectivity index (χ3v) is 5.13. The van der Waals surface area contributed by atoms with Crippen molar-refractivity contribution < 1.29 is 14.7 Å². The first kappa shape index (κ1) is 16.5. The lowest BCUT2D eigenvalue weighted by molar-refractivity contribution is -0.138. The van der Waals surface area contributed by atoms with E-state index in [0.29, 0.717) is 13.1 Å². The molecule has 1 atom stereocenters. The van der Waals surface area contributed by atoms with Crippen LogP contribution in [0.25, 0.3) is 10.4 Å². The number of nitrogens with one attached hydrogen (secondary N) is 1. The average Bonchev–Trinajstić information content (AvgIpc) is 3.09. The SMILES string of the molecule is O=C(O)CC1CCCN(C(=O)Nc2ccccc2-c2cccs2)C1. The van der Waals surface area contributed by atoms with Crippen molar-refractivity contribution in [2.24, 2.45) is 5.92 Å². The van der Waals surface area contributed by atoms with E-state index in [2.05, 4.69) is 5.32 Å². The van der Waals surface area contributed by atoms with E-state index in [-0.39, 0.29) is 18.4 Å². The van der Waals surface area contributed by atoms with Gasteiger partial charge in [0.1, 0.15) is 0 Å². The summed E-state index contributed by atoms with van der Waals surface area (Å²) in [5.74, 6) is -0.764. The summed E-state index contributed by atoms with van der Waals surface area (Å²) in [6.07, 6.45) is 1.83. The highest BCUT2D eigenvalue weighted by atomic mass is 32.1. The van der Waals surface area contributed by atoms with Gasteiger partial charge in [-0.1, -0.05) is 24.3 Å². The van der Waals surface area contributed by atoms with Crippen LogP contribution in [0.1, 0.15) is 19.3 Å². The van der Waals surface area contributed by atoms with E-state index in [1.807, 2.05) is 41.8 Å². The summed E-state index contributed by atoms with van der Waals surface area (Å²) >= 11 is 1.63. The lowest BCUT2D eigenvalue weighted by atomic mass is 9.95. The molecule has 1 fully saturated rings. The molecule has 6 heteroatoms. The highest BCUT2D eigenvalue weighted by molar-refractivity contribution is 7.13. The summed E-state index contributed by atoms with van der Waals surface area (Å²) in [7, 11) is 0. The van der Waals surface area contributed by atoms with Crippen molar-refractivity contribution in [3.63, 3.8) is 0 Å². The molecule has 1 aliphatic heterocycles. The minimum absolute atomic E-state index is 0.0366. The number of carboxylic acids is 1. The first-order valence-corrected chi connectivity index (χ1v) is 8.92. The van der Waals surface area contributed by atoms with E-state index in [1.54, 1.807) is 16.2 Å². The van der Waals surface area contributed by atoms with E-state index in [0.717, 1.165) is 29.0 Å². The van der Waals surface area contributed by atoms with Crippen molar-refractivity contribution in [2.75, 3.05) is 18.4 Å². The minimum atomic E-state index is -0.801. The van der Waals surface area contributed by atoms with Crippen molar-refractivity contribution >= 4 is 29.0 Å². The maximum atomic E-state index is 12.6. The van der Waals surface area contributed by atoms with Crippen molar-refractivity contribution in [1.82, 2.24) is 4.90 Å². The Kier molecular flexibility index (Phi) is 5.15. The number of urea groups is 1. The number of carbonyl (C=O) groups is 2. The largest absolute Gasteiger partial charge is 0.481 e. The number of thiophene rings is 1.